The zero-order valence-electron chi connectivity index (χ0n) is 19.2. The van der Waals surface area contributed by atoms with Crippen molar-refractivity contribution in [3.63, 3.8) is 0 Å². The monoisotopic (exact) mass is 472 g/mol. The Balaban J connectivity index is 1.53. The summed E-state index contributed by atoms with van der Waals surface area (Å²) in [6, 6.07) is 21.0. The van der Waals surface area contributed by atoms with Crippen LogP contribution in [-0.2, 0) is 25.7 Å². The first kappa shape index (κ1) is 25.0. The van der Waals surface area contributed by atoms with E-state index < -0.39 is 17.9 Å². The highest BCUT2D eigenvalue weighted by Crippen LogP contribution is 2.24. The van der Waals surface area contributed by atoms with Crippen LogP contribution in [0.15, 0.2) is 97.6 Å². The molecular weight excluding hydrogens is 448 g/mol. The summed E-state index contributed by atoms with van der Waals surface area (Å²) < 4.78 is 20.6. The first-order valence-corrected chi connectivity index (χ1v) is 10.6. The third-order valence-corrected chi connectivity index (χ3v) is 4.75. The zero-order chi connectivity index (χ0) is 25.2. The van der Waals surface area contributed by atoms with Crippen molar-refractivity contribution in [1.82, 2.24) is 0 Å². The van der Waals surface area contributed by atoms with Crippen molar-refractivity contribution in [3.05, 3.63) is 109 Å². The second-order valence-electron chi connectivity index (χ2n) is 7.42. The lowest BCUT2D eigenvalue weighted by atomic mass is 10.0. The number of esters is 3. The summed E-state index contributed by atoms with van der Waals surface area (Å²) >= 11 is 0. The molecule has 35 heavy (non-hydrogen) atoms. The predicted molar refractivity (Wildman–Crippen MR) is 130 cm³/mol. The number of benzene rings is 3. The second kappa shape index (κ2) is 12.0. The number of carbonyl (C=O) groups is 3. The van der Waals surface area contributed by atoms with Crippen LogP contribution in [0, 0.1) is 0 Å². The SMILES string of the molecule is C=CC(=O)OCOc1ccc(C(=O)Oc2ccc(-c3ccc(COC(=O)C(=C)C)cc3)cc2)cc1. The van der Waals surface area contributed by atoms with Gasteiger partial charge >= 0.3 is 17.9 Å². The van der Waals surface area contributed by atoms with Gasteiger partial charge in [0.1, 0.15) is 18.1 Å². The standard InChI is InChI=1S/C28H24O7/c1-4-26(29)34-18-33-24-13-11-23(12-14-24)28(31)35-25-15-9-22(10-16-25)21-7-5-20(6-8-21)17-32-27(30)19(2)3/h4-16H,1-2,17-18H2,3H3. The van der Waals surface area contributed by atoms with Crippen LogP contribution in [-0.4, -0.2) is 24.7 Å². The molecule has 0 atom stereocenters. The molecular formula is C28H24O7. The zero-order valence-corrected chi connectivity index (χ0v) is 19.2. The molecule has 7 nitrogen and oxygen atoms in total. The molecule has 3 rings (SSSR count). The molecule has 7 heteroatoms. The average molecular weight is 472 g/mol. The molecule has 0 bridgehead atoms. The first-order chi connectivity index (χ1) is 16.9. The Labute approximate surface area is 203 Å². The smallest absolute Gasteiger partial charge is 0.343 e. The summed E-state index contributed by atoms with van der Waals surface area (Å²) in [5, 5.41) is 0. The molecule has 0 saturated carbocycles. The third kappa shape index (κ3) is 7.43. The molecule has 0 unspecified atom stereocenters. The number of carbonyl (C=O) groups excluding carboxylic acids is 3. The average Bonchev–Trinajstić information content (AvgIpc) is 2.88. The van der Waals surface area contributed by atoms with E-state index >= 15 is 0 Å². The molecule has 0 aliphatic carbocycles. The normalized spacial score (nSPS) is 10.1. The maximum Gasteiger partial charge on any atom is 0.343 e. The van der Waals surface area contributed by atoms with Crippen LogP contribution in [0.2, 0.25) is 0 Å². The van der Waals surface area contributed by atoms with Gasteiger partial charge in [-0.15, -0.1) is 0 Å². The van der Waals surface area contributed by atoms with Gasteiger partial charge in [0.25, 0.3) is 0 Å². The first-order valence-electron chi connectivity index (χ1n) is 10.6. The molecule has 0 fully saturated rings. The van der Waals surface area contributed by atoms with Gasteiger partial charge in [-0.1, -0.05) is 49.6 Å². The molecule has 3 aromatic carbocycles. The molecule has 0 saturated heterocycles. The molecule has 0 N–H and O–H groups in total. The van der Waals surface area contributed by atoms with Gasteiger partial charge in [-0.05, 0) is 60.0 Å². The van der Waals surface area contributed by atoms with Crippen molar-refractivity contribution < 1.29 is 33.3 Å². The van der Waals surface area contributed by atoms with Gasteiger partial charge in [-0.3, -0.25) is 0 Å². The van der Waals surface area contributed by atoms with Crippen LogP contribution < -0.4 is 9.47 Å². The Morgan fingerprint density at radius 1 is 0.800 bits per heavy atom. The largest absolute Gasteiger partial charge is 0.457 e. The number of ether oxygens (including phenoxy) is 4. The van der Waals surface area contributed by atoms with Crippen molar-refractivity contribution in [2.24, 2.45) is 0 Å². The molecule has 0 amide bonds. The fourth-order valence-electron chi connectivity index (χ4n) is 2.85. The topological polar surface area (TPSA) is 88.1 Å². The highest BCUT2D eigenvalue weighted by molar-refractivity contribution is 5.91. The summed E-state index contributed by atoms with van der Waals surface area (Å²) in [5.41, 5.74) is 3.47. The van der Waals surface area contributed by atoms with E-state index in [1.807, 2.05) is 36.4 Å². The van der Waals surface area contributed by atoms with E-state index in [0.29, 0.717) is 22.6 Å². The number of hydrogen-bond acceptors (Lipinski definition) is 7. The minimum Gasteiger partial charge on any atom is -0.457 e. The fraction of sp³-hybridized carbons (Fsp3) is 0.107. The molecule has 0 heterocycles. The van der Waals surface area contributed by atoms with Crippen molar-refractivity contribution >= 4 is 17.9 Å². The van der Waals surface area contributed by atoms with Crippen molar-refractivity contribution in [2.75, 3.05) is 6.79 Å². The Kier molecular flexibility index (Phi) is 8.56. The van der Waals surface area contributed by atoms with E-state index in [2.05, 4.69) is 13.2 Å². The molecule has 0 spiro atoms. The number of hydrogen-bond donors (Lipinski definition) is 0. The van der Waals surface area contributed by atoms with Crippen molar-refractivity contribution in [1.29, 1.82) is 0 Å². The summed E-state index contributed by atoms with van der Waals surface area (Å²) in [4.78, 5) is 34.9. The van der Waals surface area contributed by atoms with E-state index in [-0.39, 0.29) is 13.4 Å². The molecule has 0 radical (unpaired) electrons. The molecule has 0 aliphatic rings. The number of rotatable bonds is 10. The van der Waals surface area contributed by atoms with Gasteiger partial charge < -0.3 is 18.9 Å². The summed E-state index contributed by atoms with van der Waals surface area (Å²) in [6.45, 7) is 8.37. The molecule has 0 aliphatic heterocycles. The van der Waals surface area contributed by atoms with Crippen LogP contribution >= 0.6 is 0 Å². The molecule has 0 aromatic heterocycles. The van der Waals surface area contributed by atoms with E-state index in [0.717, 1.165) is 22.8 Å². The molecule has 3 aromatic rings. The van der Waals surface area contributed by atoms with Gasteiger partial charge in [0.15, 0.2) is 0 Å². The lowest BCUT2D eigenvalue weighted by Gasteiger charge is -2.09. The third-order valence-electron chi connectivity index (χ3n) is 4.75. The maximum absolute atomic E-state index is 12.4. The van der Waals surface area contributed by atoms with Crippen LogP contribution in [0.25, 0.3) is 11.1 Å². The van der Waals surface area contributed by atoms with Crippen LogP contribution in [0.4, 0.5) is 0 Å². The Bertz CT molecular complexity index is 1210. The maximum atomic E-state index is 12.4. The highest BCUT2D eigenvalue weighted by atomic mass is 16.7. The Morgan fingerprint density at radius 3 is 1.94 bits per heavy atom. The molecule has 178 valence electrons. The van der Waals surface area contributed by atoms with Crippen LogP contribution in [0.1, 0.15) is 22.8 Å². The Hall–Kier alpha value is -4.65. The van der Waals surface area contributed by atoms with Crippen molar-refractivity contribution in [2.45, 2.75) is 13.5 Å². The summed E-state index contributed by atoms with van der Waals surface area (Å²) in [6.07, 6.45) is 1.04. The van der Waals surface area contributed by atoms with Gasteiger partial charge in [-0.25, -0.2) is 14.4 Å². The summed E-state index contributed by atoms with van der Waals surface area (Å²) in [5.74, 6) is -0.692. The van der Waals surface area contributed by atoms with Gasteiger partial charge in [0.2, 0.25) is 6.79 Å². The summed E-state index contributed by atoms with van der Waals surface area (Å²) in [7, 11) is 0. The van der Waals surface area contributed by atoms with Gasteiger partial charge in [0, 0.05) is 11.6 Å². The predicted octanol–water partition coefficient (Wildman–Crippen LogP) is 5.26. The minimum atomic E-state index is -0.588. The van der Waals surface area contributed by atoms with E-state index in [1.165, 1.54) is 0 Å². The van der Waals surface area contributed by atoms with Crippen molar-refractivity contribution in [3.8, 4) is 22.6 Å². The van der Waals surface area contributed by atoms with Crippen LogP contribution in [0.3, 0.4) is 0 Å². The lowest BCUT2D eigenvalue weighted by molar-refractivity contribution is -0.144. The van der Waals surface area contributed by atoms with Gasteiger partial charge in [0.05, 0.1) is 5.56 Å². The van der Waals surface area contributed by atoms with Gasteiger partial charge in [-0.2, -0.15) is 0 Å². The minimum absolute atomic E-state index is 0.177. The fourth-order valence-corrected chi connectivity index (χ4v) is 2.85. The highest BCUT2D eigenvalue weighted by Gasteiger charge is 2.10. The van der Waals surface area contributed by atoms with E-state index in [1.54, 1.807) is 43.3 Å². The lowest BCUT2D eigenvalue weighted by Crippen LogP contribution is -2.09. The van der Waals surface area contributed by atoms with E-state index in [4.69, 9.17) is 18.9 Å². The quantitative estimate of drug-likeness (QED) is 0.172. The second-order valence-corrected chi connectivity index (χ2v) is 7.42. The van der Waals surface area contributed by atoms with Crippen LogP contribution in [0.5, 0.6) is 11.5 Å². The Morgan fingerprint density at radius 2 is 1.37 bits per heavy atom. The van der Waals surface area contributed by atoms with E-state index in [9.17, 15) is 14.4 Å².